The highest BCUT2D eigenvalue weighted by atomic mass is 32.1. The zero-order valence-electron chi connectivity index (χ0n) is 15.4. The number of aromatic nitrogens is 2. The van der Waals surface area contributed by atoms with E-state index in [1.165, 1.54) is 11.5 Å². The van der Waals surface area contributed by atoms with Crippen LogP contribution in [0.5, 0.6) is 0 Å². The predicted molar refractivity (Wildman–Crippen MR) is 105 cm³/mol. The molecule has 2 aromatic rings. The number of carbonyl (C=O) groups excluding carboxylic acids is 1. The smallest absolute Gasteiger partial charge is 0.243 e. The molecule has 0 unspecified atom stereocenters. The number of rotatable bonds is 6. The number of ether oxygens (including phenoxy) is 1. The summed E-state index contributed by atoms with van der Waals surface area (Å²) < 4.78 is 9.70. The van der Waals surface area contributed by atoms with E-state index >= 15 is 0 Å². The normalized spacial score (nSPS) is 14.5. The van der Waals surface area contributed by atoms with Crippen LogP contribution < -0.4 is 15.1 Å². The first-order valence-electron chi connectivity index (χ1n) is 8.80. The maximum absolute atomic E-state index is 12.3. The average molecular weight is 375 g/mol. The summed E-state index contributed by atoms with van der Waals surface area (Å²) in [5.41, 5.74) is 1.94. The largest absolute Gasteiger partial charge is 0.378 e. The summed E-state index contributed by atoms with van der Waals surface area (Å²) in [5.74, 6) is 1.02. The quantitative estimate of drug-likeness (QED) is 0.837. The molecule has 2 heterocycles. The summed E-state index contributed by atoms with van der Waals surface area (Å²) in [6.45, 7) is 7.66. The Morgan fingerprint density at radius 3 is 2.62 bits per heavy atom. The van der Waals surface area contributed by atoms with Gasteiger partial charge in [-0.2, -0.15) is 4.37 Å². The molecule has 1 amide bonds. The van der Waals surface area contributed by atoms with E-state index in [1.54, 1.807) is 0 Å². The Labute approximate surface area is 158 Å². The van der Waals surface area contributed by atoms with E-state index in [2.05, 4.69) is 33.4 Å². The zero-order chi connectivity index (χ0) is 18.5. The van der Waals surface area contributed by atoms with Gasteiger partial charge in [0.05, 0.1) is 19.8 Å². The van der Waals surface area contributed by atoms with Crippen molar-refractivity contribution in [1.29, 1.82) is 0 Å². The van der Waals surface area contributed by atoms with Gasteiger partial charge in [0.1, 0.15) is 5.82 Å². The van der Waals surface area contributed by atoms with Crippen molar-refractivity contribution in [3.05, 3.63) is 30.1 Å². The summed E-state index contributed by atoms with van der Waals surface area (Å²) in [6.07, 6.45) is 0. The molecule has 26 heavy (non-hydrogen) atoms. The highest BCUT2D eigenvalue weighted by Gasteiger charge is 2.15. The molecule has 0 atom stereocenters. The van der Waals surface area contributed by atoms with Crippen LogP contribution in [0.15, 0.2) is 24.3 Å². The van der Waals surface area contributed by atoms with Crippen LogP contribution in [-0.4, -0.2) is 55.2 Å². The molecular formula is C18H25N5O2S. The second-order valence-electron chi connectivity index (χ2n) is 6.64. The van der Waals surface area contributed by atoms with E-state index < -0.39 is 0 Å². The predicted octanol–water partition coefficient (Wildman–Crippen LogP) is 2.57. The molecule has 1 aromatic heterocycles. The van der Waals surface area contributed by atoms with Crippen molar-refractivity contribution in [2.45, 2.75) is 19.8 Å². The molecule has 140 valence electrons. The SMILES string of the molecule is CC(C)c1nsc(N(C)CC(=O)Nc2ccc(N3CCOCC3)cc2)n1. The van der Waals surface area contributed by atoms with Gasteiger partial charge >= 0.3 is 0 Å². The van der Waals surface area contributed by atoms with Crippen LogP contribution in [0.3, 0.4) is 0 Å². The number of morpholine rings is 1. The Morgan fingerprint density at radius 1 is 1.31 bits per heavy atom. The van der Waals surface area contributed by atoms with Gasteiger partial charge in [0, 0.05) is 49.0 Å². The fourth-order valence-electron chi connectivity index (χ4n) is 2.68. The Morgan fingerprint density at radius 2 is 2.00 bits per heavy atom. The lowest BCUT2D eigenvalue weighted by Gasteiger charge is -2.28. The lowest BCUT2D eigenvalue weighted by atomic mass is 10.2. The van der Waals surface area contributed by atoms with Crippen LogP contribution in [0.4, 0.5) is 16.5 Å². The van der Waals surface area contributed by atoms with Gasteiger partial charge in [-0.1, -0.05) is 13.8 Å². The molecule has 3 rings (SSSR count). The second kappa shape index (κ2) is 8.46. The van der Waals surface area contributed by atoms with Gasteiger partial charge in [0.25, 0.3) is 0 Å². The lowest BCUT2D eigenvalue weighted by Crippen LogP contribution is -2.36. The van der Waals surface area contributed by atoms with Crippen LogP contribution in [-0.2, 0) is 9.53 Å². The summed E-state index contributed by atoms with van der Waals surface area (Å²) >= 11 is 1.32. The first-order chi connectivity index (χ1) is 12.5. The first-order valence-corrected chi connectivity index (χ1v) is 9.57. The van der Waals surface area contributed by atoms with Crippen molar-refractivity contribution in [3.63, 3.8) is 0 Å². The minimum atomic E-state index is -0.0760. The van der Waals surface area contributed by atoms with E-state index in [9.17, 15) is 4.79 Å². The van der Waals surface area contributed by atoms with Crippen molar-refractivity contribution in [2.75, 3.05) is 55.0 Å². The van der Waals surface area contributed by atoms with Crippen molar-refractivity contribution in [1.82, 2.24) is 9.36 Å². The van der Waals surface area contributed by atoms with E-state index in [0.717, 1.165) is 48.6 Å². The molecule has 0 spiro atoms. The minimum absolute atomic E-state index is 0.0760. The summed E-state index contributed by atoms with van der Waals surface area (Å²) in [4.78, 5) is 20.9. The molecule has 0 saturated carbocycles. The van der Waals surface area contributed by atoms with Crippen molar-refractivity contribution in [3.8, 4) is 0 Å². The van der Waals surface area contributed by atoms with Gasteiger partial charge in [-0.3, -0.25) is 4.79 Å². The van der Waals surface area contributed by atoms with E-state index in [1.807, 2.05) is 36.2 Å². The molecule has 8 heteroatoms. The maximum Gasteiger partial charge on any atom is 0.243 e. The van der Waals surface area contributed by atoms with Crippen molar-refractivity contribution >= 4 is 33.9 Å². The average Bonchev–Trinajstić information content (AvgIpc) is 3.14. The Balaban J connectivity index is 1.53. The van der Waals surface area contributed by atoms with Crippen LogP contribution in [0, 0.1) is 0 Å². The highest BCUT2D eigenvalue weighted by Crippen LogP contribution is 2.21. The third kappa shape index (κ3) is 4.70. The minimum Gasteiger partial charge on any atom is -0.378 e. The number of benzene rings is 1. The van der Waals surface area contributed by atoms with E-state index in [0.29, 0.717) is 0 Å². The van der Waals surface area contributed by atoms with Gasteiger partial charge < -0.3 is 19.9 Å². The summed E-state index contributed by atoms with van der Waals surface area (Å²) in [7, 11) is 1.85. The van der Waals surface area contributed by atoms with Gasteiger partial charge in [0.15, 0.2) is 0 Å². The molecule has 7 nitrogen and oxygen atoms in total. The third-order valence-electron chi connectivity index (χ3n) is 4.18. The van der Waals surface area contributed by atoms with Crippen LogP contribution in [0.1, 0.15) is 25.6 Å². The molecule has 1 aromatic carbocycles. The van der Waals surface area contributed by atoms with Crippen molar-refractivity contribution < 1.29 is 9.53 Å². The van der Waals surface area contributed by atoms with Gasteiger partial charge in [-0.25, -0.2) is 4.98 Å². The molecule has 1 aliphatic heterocycles. The number of nitrogens with one attached hydrogen (secondary N) is 1. The molecule has 1 N–H and O–H groups in total. The monoisotopic (exact) mass is 375 g/mol. The Kier molecular flexibility index (Phi) is 6.05. The molecule has 0 aliphatic carbocycles. The van der Waals surface area contributed by atoms with Gasteiger partial charge in [0.2, 0.25) is 11.0 Å². The topological polar surface area (TPSA) is 70.6 Å². The standard InChI is InChI=1S/C18H25N5O2S/c1-13(2)17-20-18(26-21-17)22(3)12-16(24)19-14-4-6-15(7-5-14)23-8-10-25-11-9-23/h4-7,13H,8-12H2,1-3H3,(H,19,24). The fraction of sp³-hybridized carbons (Fsp3) is 0.500. The molecule has 0 bridgehead atoms. The van der Waals surface area contributed by atoms with Crippen LogP contribution in [0.2, 0.25) is 0 Å². The Bertz CT molecular complexity index is 725. The van der Waals surface area contributed by atoms with E-state index in [4.69, 9.17) is 4.74 Å². The number of nitrogens with zero attached hydrogens (tertiary/aromatic N) is 4. The first kappa shape index (κ1) is 18.6. The number of amides is 1. The number of hydrogen-bond donors (Lipinski definition) is 1. The van der Waals surface area contributed by atoms with Crippen molar-refractivity contribution in [2.24, 2.45) is 0 Å². The third-order valence-corrected chi connectivity index (χ3v) is 5.03. The molecule has 1 saturated heterocycles. The number of anilines is 3. The van der Waals surface area contributed by atoms with E-state index in [-0.39, 0.29) is 18.4 Å². The summed E-state index contributed by atoms with van der Waals surface area (Å²) in [5, 5.41) is 3.69. The molecular weight excluding hydrogens is 350 g/mol. The Hall–Kier alpha value is -2.19. The van der Waals surface area contributed by atoms with Gasteiger partial charge in [-0.15, -0.1) is 0 Å². The number of hydrogen-bond acceptors (Lipinski definition) is 7. The highest BCUT2D eigenvalue weighted by molar-refractivity contribution is 7.09. The number of likely N-dealkylation sites (N-methyl/N-ethyl adjacent to an activating group) is 1. The molecule has 1 aliphatic rings. The second-order valence-corrected chi connectivity index (χ2v) is 7.37. The molecule has 0 radical (unpaired) electrons. The van der Waals surface area contributed by atoms with Gasteiger partial charge in [-0.05, 0) is 24.3 Å². The van der Waals surface area contributed by atoms with Crippen LogP contribution >= 0.6 is 11.5 Å². The fourth-order valence-corrected chi connectivity index (χ4v) is 3.44. The zero-order valence-corrected chi connectivity index (χ0v) is 16.3. The number of carbonyl (C=O) groups is 1. The molecule has 1 fully saturated rings. The summed E-state index contributed by atoms with van der Waals surface area (Å²) in [6, 6.07) is 7.93. The van der Waals surface area contributed by atoms with Crippen LogP contribution in [0.25, 0.3) is 0 Å². The maximum atomic E-state index is 12.3. The lowest BCUT2D eigenvalue weighted by molar-refractivity contribution is -0.114.